The summed E-state index contributed by atoms with van der Waals surface area (Å²) in [5.74, 6) is -0.705. The van der Waals surface area contributed by atoms with Crippen LogP contribution >= 0.6 is 11.6 Å². The molecule has 0 saturated carbocycles. The average Bonchev–Trinajstić information content (AvgIpc) is 2.89. The molecule has 1 amide bonds. The van der Waals surface area contributed by atoms with E-state index in [-0.39, 0.29) is 35.5 Å². The minimum Gasteiger partial charge on any atom is -0.508 e. The molecule has 3 aromatic carbocycles. The average molecular weight is 501 g/mol. The summed E-state index contributed by atoms with van der Waals surface area (Å²) < 4.78 is 80.6. The maximum Gasteiger partial charge on any atom is 0.416 e. The summed E-state index contributed by atoms with van der Waals surface area (Å²) in [5, 5.41) is 9.83. The highest BCUT2D eigenvalue weighted by Crippen LogP contribution is 2.45. The standard InChI is InChI=1S/C23H15ClF6N2O2/c24-15-1-6-19-20(12-15)31(16-2-4-18(33)5-3-16)8-7-21(34)32(19)17-10-13(22(25,26)27)9-14(11-17)23(28,29)30/h1-6,9-12,33H,7-8H2. The Hall–Kier alpha value is -3.40. The lowest BCUT2D eigenvalue weighted by Gasteiger charge is -2.28. The Labute approximate surface area is 194 Å². The molecule has 0 spiro atoms. The number of anilines is 4. The van der Waals surface area contributed by atoms with Gasteiger partial charge in [0, 0.05) is 23.7 Å². The van der Waals surface area contributed by atoms with Crippen molar-refractivity contribution in [2.45, 2.75) is 18.8 Å². The molecule has 4 nitrogen and oxygen atoms in total. The van der Waals surface area contributed by atoms with E-state index < -0.39 is 35.1 Å². The van der Waals surface area contributed by atoms with Gasteiger partial charge in [-0.05, 0) is 60.7 Å². The molecule has 178 valence electrons. The van der Waals surface area contributed by atoms with Crippen molar-refractivity contribution >= 4 is 40.3 Å². The number of amides is 1. The third kappa shape index (κ3) is 4.63. The number of rotatable bonds is 2. The van der Waals surface area contributed by atoms with Gasteiger partial charge in [0.15, 0.2) is 0 Å². The van der Waals surface area contributed by atoms with Crippen molar-refractivity contribution in [3.63, 3.8) is 0 Å². The van der Waals surface area contributed by atoms with E-state index in [0.29, 0.717) is 23.5 Å². The molecule has 1 N–H and O–H groups in total. The molecule has 0 atom stereocenters. The van der Waals surface area contributed by atoms with Crippen LogP contribution in [0.4, 0.5) is 49.1 Å². The van der Waals surface area contributed by atoms with E-state index in [0.717, 1.165) is 4.90 Å². The summed E-state index contributed by atoms with van der Waals surface area (Å²) in [6.45, 7) is 0.0680. The fourth-order valence-corrected chi connectivity index (χ4v) is 3.89. The first-order valence-corrected chi connectivity index (χ1v) is 10.2. The number of aromatic hydroxyl groups is 1. The fraction of sp³-hybridized carbons (Fsp3) is 0.174. The first-order chi connectivity index (χ1) is 15.8. The van der Waals surface area contributed by atoms with Gasteiger partial charge < -0.3 is 10.0 Å². The highest BCUT2D eigenvalue weighted by Gasteiger charge is 2.39. The molecule has 3 aromatic rings. The molecule has 11 heteroatoms. The van der Waals surface area contributed by atoms with E-state index in [2.05, 4.69) is 0 Å². The molecular weight excluding hydrogens is 486 g/mol. The summed E-state index contributed by atoms with van der Waals surface area (Å²) in [6, 6.07) is 11.2. The highest BCUT2D eigenvalue weighted by atomic mass is 35.5. The fourth-order valence-electron chi connectivity index (χ4n) is 3.73. The van der Waals surface area contributed by atoms with Gasteiger partial charge in [0.05, 0.1) is 28.2 Å². The van der Waals surface area contributed by atoms with Crippen molar-refractivity contribution in [1.82, 2.24) is 0 Å². The number of fused-ring (bicyclic) bond motifs is 1. The molecule has 34 heavy (non-hydrogen) atoms. The largest absolute Gasteiger partial charge is 0.508 e. The zero-order valence-electron chi connectivity index (χ0n) is 17.1. The molecular formula is C23H15ClF6N2O2. The molecule has 0 aliphatic carbocycles. The van der Waals surface area contributed by atoms with Crippen molar-refractivity contribution in [1.29, 1.82) is 0 Å². The summed E-state index contributed by atoms with van der Waals surface area (Å²) >= 11 is 6.14. The third-order valence-corrected chi connectivity index (χ3v) is 5.49. The molecule has 0 fully saturated rings. The number of hydrogen-bond acceptors (Lipinski definition) is 3. The van der Waals surface area contributed by atoms with Gasteiger partial charge in [0.1, 0.15) is 5.75 Å². The summed E-state index contributed by atoms with van der Waals surface area (Å²) in [4.78, 5) is 15.6. The minimum absolute atomic E-state index is 0.00811. The van der Waals surface area contributed by atoms with E-state index in [1.54, 1.807) is 17.0 Å². The SMILES string of the molecule is O=C1CCN(c2ccc(O)cc2)c2cc(Cl)ccc2N1c1cc(C(F)(F)F)cc(C(F)(F)F)c1. The third-order valence-electron chi connectivity index (χ3n) is 5.26. The highest BCUT2D eigenvalue weighted by molar-refractivity contribution is 6.31. The number of benzene rings is 3. The van der Waals surface area contributed by atoms with Crippen LogP contribution in [0.25, 0.3) is 0 Å². The van der Waals surface area contributed by atoms with Gasteiger partial charge in [-0.2, -0.15) is 26.3 Å². The summed E-state index contributed by atoms with van der Waals surface area (Å²) in [5.41, 5.74) is -2.72. The van der Waals surface area contributed by atoms with E-state index in [1.807, 2.05) is 0 Å². The molecule has 4 rings (SSSR count). The number of phenols is 1. The van der Waals surface area contributed by atoms with Crippen LogP contribution in [0.2, 0.25) is 5.02 Å². The van der Waals surface area contributed by atoms with Gasteiger partial charge in [0.2, 0.25) is 5.91 Å². The predicted molar refractivity (Wildman–Crippen MR) is 115 cm³/mol. The van der Waals surface area contributed by atoms with Crippen LogP contribution in [0.15, 0.2) is 60.7 Å². The van der Waals surface area contributed by atoms with Crippen LogP contribution < -0.4 is 9.80 Å². The first-order valence-electron chi connectivity index (χ1n) is 9.83. The molecule has 0 aromatic heterocycles. The van der Waals surface area contributed by atoms with Crippen LogP contribution in [0.5, 0.6) is 5.75 Å². The zero-order chi connectivity index (χ0) is 24.8. The maximum absolute atomic E-state index is 13.4. The second-order valence-electron chi connectivity index (χ2n) is 7.54. The van der Waals surface area contributed by atoms with Crippen LogP contribution in [-0.2, 0) is 17.1 Å². The second kappa shape index (κ2) is 8.43. The van der Waals surface area contributed by atoms with Crippen LogP contribution in [0.3, 0.4) is 0 Å². The molecule has 1 heterocycles. The molecule has 0 bridgehead atoms. The Morgan fingerprint density at radius 2 is 1.35 bits per heavy atom. The Morgan fingerprint density at radius 1 is 0.765 bits per heavy atom. The lowest BCUT2D eigenvalue weighted by atomic mass is 10.1. The van der Waals surface area contributed by atoms with Gasteiger partial charge >= 0.3 is 12.4 Å². The Balaban J connectivity index is 1.93. The smallest absolute Gasteiger partial charge is 0.416 e. The van der Waals surface area contributed by atoms with Gasteiger partial charge in [-0.25, -0.2) is 0 Å². The number of phenolic OH excluding ortho intramolecular Hbond substituents is 1. The second-order valence-corrected chi connectivity index (χ2v) is 7.98. The lowest BCUT2D eigenvalue weighted by Crippen LogP contribution is -2.26. The van der Waals surface area contributed by atoms with Crippen molar-refractivity contribution in [2.24, 2.45) is 0 Å². The van der Waals surface area contributed by atoms with Crippen LogP contribution in [0.1, 0.15) is 17.5 Å². The van der Waals surface area contributed by atoms with Crippen LogP contribution in [0, 0.1) is 0 Å². The van der Waals surface area contributed by atoms with E-state index in [1.165, 1.54) is 30.3 Å². The molecule has 1 aliphatic heterocycles. The monoisotopic (exact) mass is 500 g/mol. The molecule has 1 aliphatic rings. The quantitative estimate of drug-likeness (QED) is 0.376. The molecule has 0 radical (unpaired) electrons. The summed E-state index contributed by atoms with van der Waals surface area (Å²) in [6.07, 6.45) is -10.3. The summed E-state index contributed by atoms with van der Waals surface area (Å²) in [7, 11) is 0. The molecule has 0 unspecified atom stereocenters. The zero-order valence-corrected chi connectivity index (χ0v) is 17.8. The van der Waals surface area contributed by atoms with E-state index in [4.69, 9.17) is 11.6 Å². The Kier molecular flexibility index (Phi) is 5.89. The number of hydrogen-bond donors (Lipinski definition) is 1. The van der Waals surface area contributed by atoms with Crippen molar-refractivity contribution < 1.29 is 36.2 Å². The number of halogens is 7. The van der Waals surface area contributed by atoms with Crippen LogP contribution in [-0.4, -0.2) is 17.6 Å². The minimum atomic E-state index is -5.06. The van der Waals surface area contributed by atoms with Crippen molar-refractivity contribution in [2.75, 3.05) is 16.3 Å². The maximum atomic E-state index is 13.4. The van der Waals surface area contributed by atoms with Gasteiger partial charge in [-0.3, -0.25) is 9.69 Å². The number of carbonyl (C=O) groups is 1. The normalized spacial score (nSPS) is 14.7. The number of nitrogens with zero attached hydrogens (tertiary/aromatic N) is 2. The van der Waals surface area contributed by atoms with E-state index in [9.17, 15) is 36.2 Å². The molecule has 0 saturated heterocycles. The lowest BCUT2D eigenvalue weighted by molar-refractivity contribution is -0.143. The van der Waals surface area contributed by atoms with Crippen molar-refractivity contribution in [3.8, 4) is 5.75 Å². The first kappa shape index (κ1) is 23.7. The topological polar surface area (TPSA) is 43.8 Å². The van der Waals surface area contributed by atoms with Gasteiger partial charge in [-0.1, -0.05) is 11.6 Å². The predicted octanol–water partition coefficient (Wildman–Crippen LogP) is 7.29. The van der Waals surface area contributed by atoms with Crippen molar-refractivity contribution in [3.05, 3.63) is 76.8 Å². The van der Waals surface area contributed by atoms with E-state index >= 15 is 0 Å². The van der Waals surface area contributed by atoms with Gasteiger partial charge in [0.25, 0.3) is 0 Å². The van der Waals surface area contributed by atoms with Gasteiger partial charge in [-0.15, -0.1) is 0 Å². The number of carbonyl (C=O) groups excluding carboxylic acids is 1. The Morgan fingerprint density at radius 3 is 1.91 bits per heavy atom. The number of alkyl halides is 6. The Bertz CT molecular complexity index is 1210.